The number of nitrogens with two attached hydrogens (primary N) is 2. The molecule has 2 aliphatic heterocycles. The number of likely N-dealkylation sites (tertiary alicyclic amines) is 1. The van der Waals surface area contributed by atoms with Crippen molar-refractivity contribution in [1.82, 2.24) is 19.7 Å². The Labute approximate surface area is 187 Å². The molecule has 4 rings (SSSR count). The van der Waals surface area contributed by atoms with E-state index in [1.807, 2.05) is 30.3 Å². The molecule has 1 amide bonds. The summed E-state index contributed by atoms with van der Waals surface area (Å²) in [4.78, 5) is 23.4. The van der Waals surface area contributed by atoms with Crippen LogP contribution in [0.3, 0.4) is 0 Å². The predicted octanol–water partition coefficient (Wildman–Crippen LogP) is 2.87. The summed E-state index contributed by atoms with van der Waals surface area (Å²) < 4.78 is 5.55. The lowest BCUT2D eigenvalue weighted by Crippen LogP contribution is -2.53. The van der Waals surface area contributed by atoms with Crippen molar-refractivity contribution in [3.8, 4) is 5.75 Å². The van der Waals surface area contributed by atoms with Crippen LogP contribution in [0.15, 0.2) is 46.6 Å². The number of azo groups is 1. The Balaban J connectivity index is 1.36. The number of hydrogen-bond acceptors (Lipinski definition) is 9. The molecule has 3 heterocycles. The minimum atomic E-state index is -0.439. The lowest BCUT2D eigenvalue weighted by molar-refractivity contribution is 0.0675. The molecule has 0 radical (unpaired) electrons. The Morgan fingerprint density at radius 1 is 1.00 bits per heavy atom. The number of hydrogen-bond donors (Lipinski definition) is 2. The fourth-order valence-electron chi connectivity index (χ4n) is 4.04. The molecular formula is C22H30N8O2. The maximum atomic E-state index is 12.7. The Kier molecular flexibility index (Phi) is 6.81. The number of pyridine rings is 1. The van der Waals surface area contributed by atoms with Crippen molar-refractivity contribution in [3.63, 3.8) is 0 Å². The highest BCUT2D eigenvalue weighted by Crippen LogP contribution is 2.32. The average molecular weight is 439 g/mol. The Morgan fingerprint density at radius 2 is 1.69 bits per heavy atom. The molecule has 2 aliphatic rings. The maximum Gasteiger partial charge on any atom is 0.415 e. The van der Waals surface area contributed by atoms with Crippen molar-refractivity contribution < 1.29 is 9.53 Å². The number of carbonyl (C=O) groups excluding carboxylic acids is 1. The third-order valence-corrected chi connectivity index (χ3v) is 6.03. The van der Waals surface area contributed by atoms with E-state index in [9.17, 15) is 4.79 Å². The van der Waals surface area contributed by atoms with Crippen LogP contribution < -0.4 is 16.2 Å². The first-order chi connectivity index (χ1) is 15.5. The van der Waals surface area contributed by atoms with E-state index in [1.54, 1.807) is 4.90 Å². The summed E-state index contributed by atoms with van der Waals surface area (Å²) in [6, 6.07) is 11.3. The number of carbonyl (C=O) groups is 1. The Bertz CT molecular complexity index is 952. The molecule has 0 atom stereocenters. The van der Waals surface area contributed by atoms with E-state index < -0.39 is 6.09 Å². The van der Waals surface area contributed by atoms with Crippen LogP contribution in [0.2, 0.25) is 0 Å². The molecule has 0 saturated carbocycles. The van der Waals surface area contributed by atoms with E-state index >= 15 is 0 Å². The van der Waals surface area contributed by atoms with Gasteiger partial charge in [-0.2, -0.15) is 5.11 Å². The molecule has 10 nitrogen and oxygen atoms in total. The van der Waals surface area contributed by atoms with Crippen molar-refractivity contribution >= 4 is 29.1 Å². The van der Waals surface area contributed by atoms with Gasteiger partial charge < -0.3 is 26.0 Å². The van der Waals surface area contributed by atoms with Gasteiger partial charge in [0.25, 0.3) is 0 Å². The number of anilines is 2. The number of benzene rings is 1. The molecule has 170 valence electrons. The van der Waals surface area contributed by atoms with Gasteiger partial charge in [0.1, 0.15) is 5.69 Å². The van der Waals surface area contributed by atoms with Crippen LogP contribution in [0, 0.1) is 0 Å². The molecule has 0 spiro atoms. The first-order valence-corrected chi connectivity index (χ1v) is 10.9. The van der Waals surface area contributed by atoms with Crippen molar-refractivity contribution in [2.45, 2.75) is 18.9 Å². The number of nitrogens with zero attached hydrogens (tertiary/aromatic N) is 6. The zero-order valence-electron chi connectivity index (χ0n) is 18.4. The Morgan fingerprint density at radius 3 is 2.38 bits per heavy atom. The number of nitrogen functional groups attached to an aromatic ring is 2. The Hall–Kier alpha value is -3.24. The molecule has 0 unspecified atom stereocenters. The second-order valence-corrected chi connectivity index (χ2v) is 8.24. The summed E-state index contributed by atoms with van der Waals surface area (Å²) >= 11 is 0. The van der Waals surface area contributed by atoms with Crippen LogP contribution in [0.5, 0.6) is 5.75 Å². The number of likely N-dealkylation sites (N-methyl/N-ethyl adjacent to an activating group) is 1. The fourth-order valence-corrected chi connectivity index (χ4v) is 4.04. The monoisotopic (exact) mass is 438 g/mol. The lowest BCUT2D eigenvalue weighted by Gasteiger charge is -2.41. The van der Waals surface area contributed by atoms with Gasteiger partial charge in [0.15, 0.2) is 17.4 Å². The van der Waals surface area contributed by atoms with E-state index in [1.165, 1.54) is 6.07 Å². The zero-order chi connectivity index (χ0) is 22.5. The molecule has 4 N–H and O–H groups in total. The second kappa shape index (κ2) is 9.92. The molecule has 2 aromatic rings. The highest BCUT2D eigenvalue weighted by molar-refractivity contribution is 5.75. The molecule has 0 bridgehead atoms. The van der Waals surface area contributed by atoms with Crippen LogP contribution in [0.1, 0.15) is 12.8 Å². The summed E-state index contributed by atoms with van der Waals surface area (Å²) in [5, 5.41) is 8.27. The average Bonchev–Trinajstić information content (AvgIpc) is 2.81. The van der Waals surface area contributed by atoms with E-state index in [0.717, 1.165) is 39.0 Å². The maximum absolute atomic E-state index is 12.7. The highest BCUT2D eigenvalue weighted by atomic mass is 16.6. The third-order valence-electron chi connectivity index (χ3n) is 6.03. The van der Waals surface area contributed by atoms with Gasteiger partial charge in [0.2, 0.25) is 0 Å². The topological polar surface area (TPSA) is 126 Å². The zero-order valence-corrected chi connectivity index (χ0v) is 18.4. The van der Waals surface area contributed by atoms with Gasteiger partial charge in [0.05, 0.1) is 5.69 Å². The van der Waals surface area contributed by atoms with Crippen molar-refractivity contribution in [1.29, 1.82) is 0 Å². The molecule has 1 aromatic heterocycles. The fraction of sp³-hybridized carbons (Fsp3) is 0.455. The molecule has 32 heavy (non-hydrogen) atoms. The van der Waals surface area contributed by atoms with Crippen LogP contribution in [-0.2, 0) is 0 Å². The van der Waals surface area contributed by atoms with E-state index in [-0.39, 0.29) is 17.4 Å². The molecule has 2 fully saturated rings. The minimum absolute atomic E-state index is 0.0434. The number of rotatable bonds is 4. The third kappa shape index (κ3) is 5.32. The van der Waals surface area contributed by atoms with Gasteiger partial charge in [-0.1, -0.05) is 18.2 Å². The first-order valence-electron chi connectivity index (χ1n) is 10.9. The predicted molar refractivity (Wildman–Crippen MR) is 123 cm³/mol. The highest BCUT2D eigenvalue weighted by Gasteiger charge is 2.29. The lowest BCUT2D eigenvalue weighted by atomic mass is 10.0. The largest absolute Gasteiger partial charge is 0.415 e. The smallest absolute Gasteiger partial charge is 0.406 e. The summed E-state index contributed by atoms with van der Waals surface area (Å²) in [5.41, 5.74) is 12.8. The van der Waals surface area contributed by atoms with E-state index in [2.05, 4.69) is 32.1 Å². The van der Waals surface area contributed by atoms with Crippen molar-refractivity contribution in [2.75, 3.05) is 57.8 Å². The van der Waals surface area contributed by atoms with Gasteiger partial charge in [0, 0.05) is 51.4 Å². The van der Waals surface area contributed by atoms with Crippen molar-refractivity contribution in [3.05, 3.63) is 36.4 Å². The van der Waals surface area contributed by atoms with E-state index in [0.29, 0.717) is 30.5 Å². The molecule has 2 saturated heterocycles. The quantitative estimate of drug-likeness (QED) is 0.703. The van der Waals surface area contributed by atoms with E-state index in [4.69, 9.17) is 16.2 Å². The van der Waals surface area contributed by atoms with Crippen LogP contribution >= 0.6 is 0 Å². The molecule has 1 aromatic carbocycles. The van der Waals surface area contributed by atoms with Gasteiger partial charge in [-0.15, -0.1) is 5.11 Å². The summed E-state index contributed by atoms with van der Waals surface area (Å²) in [5.74, 6) is 0.296. The minimum Gasteiger partial charge on any atom is -0.406 e. The van der Waals surface area contributed by atoms with Crippen molar-refractivity contribution in [2.24, 2.45) is 10.2 Å². The van der Waals surface area contributed by atoms with Crippen LogP contribution in [0.25, 0.3) is 0 Å². The van der Waals surface area contributed by atoms with Gasteiger partial charge >= 0.3 is 6.09 Å². The van der Waals surface area contributed by atoms with Crippen LogP contribution in [0.4, 0.5) is 27.8 Å². The SMILES string of the molecule is CN1CCN(C2CCN(C(=O)Oc3cc(/N=N/c4ccccc4)c(N)nc3N)CC2)CC1. The molecule has 0 aliphatic carbocycles. The second-order valence-electron chi connectivity index (χ2n) is 8.24. The van der Waals surface area contributed by atoms with Crippen LogP contribution in [-0.4, -0.2) is 78.1 Å². The summed E-state index contributed by atoms with van der Waals surface area (Å²) in [6.07, 6.45) is 1.43. The van der Waals surface area contributed by atoms with Gasteiger partial charge in [-0.3, -0.25) is 4.90 Å². The summed E-state index contributed by atoms with van der Waals surface area (Å²) in [7, 11) is 2.15. The number of aromatic nitrogens is 1. The normalized spacial score (nSPS) is 18.8. The van der Waals surface area contributed by atoms with Gasteiger partial charge in [-0.05, 0) is 32.0 Å². The van der Waals surface area contributed by atoms with Gasteiger partial charge in [-0.25, -0.2) is 9.78 Å². The molecular weight excluding hydrogens is 408 g/mol. The molecule has 10 heteroatoms. The standard InChI is InChI=1S/C22H30N8O2/c1-28-11-13-29(14-12-28)17-7-9-30(10-8-17)22(31)32-19-15-18(20(23)25-21(19)24)27-26-16-5-3-2-4-6-16/h2-6,15,17H,7-14H2,1H3,(H4,23,24,25)/b27-26+. The number of piperazine rings is 1. The first kappa shape index (κ1) is 22.0. The number of piperidine rings is 1. The number of ether oxygens (including phenoxy) is 1. The number of amides is 1. The summed E-state index contributed by atoms with van der Waals surface area (Å²) in [6.45, 7) is 5.65.